The van der Waals surface area contributed by atoms with Crippen molar-refractivity contribution in [1.29, 1.82) is 0 Å². The van der Waals surface area contributed by atoms with Gasteiger partial charge in [-0.05, 0) is 25.0 Å². The third-order valence-corrected chi connectivity index (χ3v) is 4.36. The Labute approximate surface area is 115 Å². The summed E-state index contributed by atoms with van der Waals surface area (Å²) in [6, 6.07) is 2.82. The van der Waals surface area contributed by atoms with Crippen LogP contribution in [0.25, 0.3) is 0 Å². The minimum atomic E-state index is -4.28. The molecule has 1 saturated carbocycles. The van der Waals surface area contributed by atoms with Crippen LogP contribution in [-0.2, 0) is 14.8 Å². The first-order valence-electron chi connectivity index (χ1n) is 6.13. The Morgan fingerprint density at radius 3 is 2.35 bits per heavy atom. The molecule has 0 spiro atoms. The lowest BCUT2D eigenvalue weighted by molar-refractivity contribution is -0.122. The number of hydrogen-bond acceptors (Lipinski definition) is 3. The van der Waals surface area contributed by atoms with Crippen molar-refractivity contribution in [2.24, 2.45) is 5.92 Å². The first-order valence-corrected chi connectivity index (χ1v) is 7.61. The predicted molar refractivity (Wildman–Crippen MR) is 67.3 cm³/mol. The number of carbonyl (C=O) groups excluding carboxylic acids is 1. The number of benzene rings is 1. The Hall–Kier alpha value is -1.54. The molecule has 20 heavy (non-hydrogen) atoms. The van der Waals surface area contributed by atoms with Crippen LogP contribution >= 0.6 is 0 Å². The fourth-order valence-electron chi connectivity index (χ4n) is 1.67. The van der Waals surface area contributed by atoms with Crippen molar-refractivity contribution in [3.05, 3.63) is 29.8 Å². The molecule has 1 aromatic carbocycles. The third-order valence-electron chi connectivity index (χ3n) is 2.85. The van der Waals surface area contributed by atoms with E-state index in [-0.39, 0.29) is 24.9 Å². The third kappa shape index (κ3) is 3.51. The standard InChI is InChI=1S/C12H14F2N2O3S/c13-9-2-1-3-10(14)11(9)20(18,19)16-7-6-15-12(17)8-4-5-8/h1-3,8,16H,4-7H2,(H,15,17). The lowest BCUT2D eigenvalue weighted by Crippen LogP contribution is -2.35. The number of rotatable bonds is 6. The second-order valence-corrected chi connectivity index (χ2v) is 6.22. The Morgan fingerprint density at radius 2 is 1.80 bits per heavy atom. The van der Waals surface area contributed by atoms with Crippen molar-refractivity contribution in [2.45, 2.75) is 17.7 Å². The molecule has 1 aliphatic rings. The summed E-state index contributed by atoms with van der Waals surface area (Å²) in [6.07, 6.45) is 1.69. The Morgan fingerprint density at radius 1 is 1.20 bits per heavy atom. The van der Waals surface area contributed by atoms with E-state index in [4.69, 9.17) is 0 Å². The average molecular weight is 304 g/mol. The molecule has 0 unspecified atom stereocenters. The zero-order valence-electron chi connectivity index (χ0n) is 10.5. The topological polar surface area (TPSA) is 75.3 Å². The molecular formula is C12H14F2N2O3S. The van der Waals surface area contributed by atoms with Gasteiger partial charge in [-0.3, -0.25) is 4.79 Å². The van der Waals surface area contributed by atoms with Gasteiger partial charge in [0.1, 0.15) is 11.6 Å². The van der Waals surface area contributed by atoms with Gasteiger partial charge < -0.3 is 5.32 Å². The van der Waals surface area contributed by atoms with Gasteiger partial charge in [0.25, 0.3) is 0 Å². The molecule has 110 valence electrons. The van der Waals surface area contributed by atoms with Crippen molar-refractivity contribution in [2.75, 3.05) is 13.1 Å². The quantitative estimate of drug-likeness (QED) is 0.762. The molecular weight excluding hydrogens is 290 g/mol. The van der Waals surface area contributed by atoms with Crippen molar-refractivity contribution in [3.63, 3.8) is 0 Å². The van der Waals surface area contributed by atoms with Crippen LogP contribution in [-0.4, -0.2) is 27.4 Å². The number of sulfonamides is 1. The highest BCUT2D eigenvalue weighted by Crippen LogP contribution is 2.28. The summed E-state index contributed by atoms with van der Waals surface area (Å²) in [5.41, 5.74) is 0. The zero-order chi connectivity index (χ0) is 14.8. The average Bonchev–Trinajstić information content (AvgIpc) is 3.18. The van der Waals surface area contributed by atoms with Crippen molar-refractivity contribution in [3.8, 4) is 0 Å². The van der Waals surface area contributed by atoms with E-state index in [1.54, 1.807) is 0 Å². The van der Waals surface area contributed by atoms with Crippen LogP contribution in [0.5, 0.6) is 0 Å². The van der Waals surface area contributed by atoms with Gasteiger partial charge in [0, 0.05) is 19.0 Å². The first kappa shape index (κ1) is 14.9. The molecule has 0 atom stereocenters. The van der Waals surface area contributed by atoms with Crippen LogP contribution in [0.3, 0.4) is 0 Å². The fourth-order valence-corrected chi connectivity index (χ4v) is 2.84. The first-order chi connectivity index (χ1) is 9.42. The lowest BCUT2D eigenvalue weighted by atomic mass is 10.3. The predicted octanol–water partition coefficient (Wildman–Crippen LogP) is 0.769. The largest absolute Gasteiger partial charge is 0.355 e. The summed E-state index contributed by atoms with van der Waals surface area (Å²) >= 11 is 0. The Balaban J connectivity index is 1.92. The maximum Gasteiger partial charge on any atom is 0.246 e. The molecule has 8 heteroatoms. The summed E-state index contributed by atoms with van der Waals surface area (Å²) in [4.78, 5) is 10.3. The van der Waals surface area contributed by atoms with E-state index >= 15 is 0 Å². The number of carbonyl (C=O) groups is 1. The molecule has 1 aliphatic carbocycles. The van der Waals surface area contributed by atoms with Crippen LogP contribution in [0.15, 0.2) is 23.1 Å². The summed E-state index contributed by atoms with van der Waals surface area (Å²) in [7, 11) is -4.28. The second-order valence-electron chi connectivity index (χ2n) is 4.51. The molecule has 1 fully saturated rings. The van der Waals surface area contributed by atoms with E-state index in [2.05, 4.69) is 5.32 Å². The van der Waals surface area contributed by atoms with Gasteiger partial charge >= 0.3 is 0 Å². The van der Waals surface area contributed by atoms with Crippen LogP contribution in [0.2, 0.25) is 0 Å². The monoisotopic (exact) mass is 304 g/mol. The minimum Gasteiger partial charge on any atom is -0.355 e. The minimum absolute atomic E-state index is 0.0237. The maximum absolute atomic E-state index is 13.4. The molecule has 0 bridgehead atoms. The van der Waals surface area contributed by atoms with E-state index < -0.39 is 26.6 Å². The zero-order valence-corrected chi connectivity index (χ0v) is 11.3. The van der Waals surface area contributed by atoms with Crippen molar-refractivity contribution in [1.82, 2.24) is 10.0 Å². The van der Waals surface area contributed by atoms with E-state index in [1.165, 1.54) is 0 Å². The smallest absolute Gasteiger partial charge is 0.246 e. The second kappa shape index (κ2) is 5.84. The van der Waals surface area contributed by atoms with Gasteiger partial charge in [0.2, 0.25) is 15.9 Å². The Bertz CT molecular complexity index is 595. The summed E-state index contributed by atoms with van der Waals surface area (Å²) < 4.78 is 52.3. The van der Waals surface area contributed by atoms with Crippen molar-refractivity contribution < 1.29 is 22.0 Å². The van der Waals surface area contributed by atoms with E-state index in [9.17, 15) is 22.0 Å². The van der Waals surface area contributed by atoms with Crippen LogP contribution < -0.4 is 10.0 Å². The van der Waals surface area contributed by atoms with Crippen molar-refractivity contribution >= 4 is 15.9 Å². The Kier molecular flexibility index (Phi) is 4.34. The molecule has 0 saturated heterocycles. The molecule has 5 nitrogen and oxygen atoms in total. The SMILES string of the molecule is O=C(NCCNS(=O)(=O)c1c(F)cccc1F)C1CC1. The number of hydrogen-bond donors (Lipinski definition) is 2. The van der Waals surface area contributed by atoms with Gasteiger partial charge in [-0.15, -0.1) is 0 Å². The molecule has 1 amide bonds. The van der Waals surface area contributed by atoms with Gasteiger partial charge in [-0.25, -0.2) is 21.9 Å². The summed E-state index contributed by atoms with van der Waals surface area (Å²) in [5.74, 6) is -2.41. The lowest BCUT2D eigenvalue weighted by Gasteiger charge is -2.09. The molecule has 0 aliphatic heterocycles. The number of amides is 1. The fraction of sp³-hybridized carbons (Fsp3) is 0.417. The highest BCUT2D eigenvalue weighted by molar-refractivity contribution is 7.89. The summed E-state index contributed by atoms with van der Waals surface area (Å²) in [5, 5.41) is 2.54. The highest BCUT2D eigenvalue weighted by atomic mass is 32.2. The van der Waals surface area contributed by atoms with Crippen LogP contribution in [0, 0.1) is 17.6 Å². The van der Waals surface area contributed by atoms with Gasteiger partial charge in [-0.1, -0.05) is 6.07 Å². The van der Waals surface area contributed by atoms with E-state index in [1.807, 2.05) is 4.72 Å². The van der Waals surface area contributed by atoms with Gasteiger partial charge in [0.05, 0.1) is 0 Å². The highest BCUT2D eigenvalue weighted by Gasteiger charge is 2.29. The molecule has 0 aromatic heterocycles. The molecule has 2 rings (SSSR count). The maximum atomic E-state index is 13.4. The molecule has 0 radical (unpaired) electrons. The molecule has 2 N–H and O–H groups in total. The number of halogens is 2. The van der Waals surface area contributed by atoms with E-state index in [0.29, 0.717) is 0 Å². The molecule has 0 heterocycles. The van der Waals surface area contributed by atoms with Crippen LogP contribution in [0.1, 0.15) is 12.8 Å². The van der Waals surface area contributed by atoms with E-state index in [0.717, 1.165) is 31.0 Å². The summed E-state index contributed by atoms with van der Waals surface area (Å²) in [6.45, 7) is -0.0563. The normalized spacial score (nSPS) is 15.1. The number of nitrogens with one attached hydrogen (secondary N) is 2. The van der Waals surface area contributed by atoms with Crippen LogP contribution in [0.4, 0.5) is 8.78 Å². The van der Waals surface area contributed by atoms with Gasteiger partial charge in [0.15, 0.2) is 4.90 Å². The van der Waals surface area contributed by atoms with Gasteiger partial charge in [-0.2, -0.15) is 0 Å². The molecule has 1 aromatic rings.